The molecule has 0 aromatic rings. The van der Waals surface area contributed by atoms with Crippen LogP contribution in [0.1, 0.15) is 26.2 Å². The second-order valence-electron chi connectivity index (χ2n) is 4.00. The Labute approximate surface area is 101 Å². The third kappa shape index (κ3) is 3.65. The zero-order valence-corrected chi connectivity index (χ0v) is 10.8. The van der Waals surface area contributed by atoms with Gasteiger partial charge in [0.1, 0.15) is 0 Å². The van der Waals surface area contributed by atoms with Crippen molar-refractivity contribution in [1.29, 1.82) is 0 Å². The van der Waals surface area contributed by atoms with Crippen molar-refractivity contribution in [3.63, 3.8) is 0 Å². The summed E-state index contributed by atoms with van der Waals surface area (Å²) in [7, 11) is 0. The van der Waals surface area contributed by atoms with Gasteiger partial charge in [0.25, 0.3) is 0 Å². The summed E-state index contributed by atoms with van der Waals surface area (Å²) in [6.07, 6.45) is 5.44. The summed E-state index contributed by atoms with van der Waals surface area (Å²) in [5.41, 5.74) is 5.43. The molecule has 0 spiro atoms. The number of nitrogens with one attached hydrogen (secondary N) is 1. The summed E-state index contributed by atoms with van der Waals surface area (Å²) in [6, 6.07) is 0.312. The Morgan fingerprint density at radius 2 is 2.27 bits per heavy atom. The first kappa shape index (κ1) is 12.8. The highest BCUT2D eigenvalue weighted by Gasteiger charge is 2.26. The zero-order chi connectivity index (χ0) is 11.4. The van der Waals surface area contributed by atoms with Crippen molar-refractivity contribution in [2.24, 2.45) is 11.7 Å². The number of carbonyl (C=O) groups excluding carboxylic acids is 1. The van der Waals surface area contributed by atoms with Gasteiger partial charge in [0.15, 0.2) is 0 Å². The van der Waals surface area contributed by atoms with Gasteiger partial charge in [0, 0.05) is 11.3 Å². The molecule has 3 unspecified atom stereocenters. The van der Waals surface area contributed by atoms with Crippen LogP contribution in [0.3, 0.4) is 0 Å². The molecule has 1 amide bonds. The monoisotopic (exact) mass is 246 g/mol. The van der Waals surface area contributed by atoms with Gasteiger partial charge in [-0.1, -0.05) is 12.2 Å². The highest BCUT2D eigenvalue weighted by atomic mass is 32.2. The Bertz CT molecular complexity index is 258. The molecule has 0 bridgehead atoms. The molecule has 3 atom stereocenters. The van der Waals surface area contributed by atoms with E-state index in [0.29, 0.717) is 11.3 Å². The van der Waals surface area contributed by atoms with Crippen molar-refractivity contribution in [1.82, 2.24) is 5.32 Å². The number of hydrogen-bond acceptors (Lipinski definition) is 3. The van der Waals surface area contributed by atoms with Crippen LogP contribution in [0.5, 0.6) is 0 Å². The molecule has 1 aliphatic rings. The van der Waals surface area contributed by atoms with Crippen LogP contribution >= 0.6 is 24.0 Å². The standard InChI is InChI=1S/C10H18N2OS2/c1-6(9(11)14)10(13)12-7-3-4-8(5-7)15-2/h6-8H,3-5H2,1-2H3,(H2,11,14)(H,12,13). The summed E-state index contributed by atoms with van der Waals surface area (Å²) in [5, 5.41) is 3.69. The van der Waals surface area contributed by atoms with Crippen molar-refractivity contribution < 1.29 is 4.79 Å². The first-order valence-corrected chi connectivity index (χ1v) is 6.86. The van der Waals surface area contributed by atoms with E-state index in [-0.39, 0.29) is 16.8 Å². The molecule has 1 rings (SSSR count). The minimum absolute atomic E-state index is 0.0331. The van der Waals surface area contributed by atoms with E-state index < -0.39 is 0 Å². The fourth-order valence-corrected chi connectivity index (χ4v) is 2.64. The molecule has 86 valence electrons. The van der Waals surface area contributed by atoms with Gasteiger partial charge < -0.3 is 11.1 Å². The third-order valence-corrected chi connectivity index (χ3v) is 4.33. The molecule has 1 saturated carbocycles. The molecular formula is C10H18N2OS2. The summed E-state index contributed by atoms with van der Waals surface area (Å²) >= 11 is 6.67. The number of thiocarbonyl (C=S) groups is 1. The molecule has 5 heteroatoms. The Hall–Kier alpha value is -0.290. The summed E-state index contributed by atoms with van der Waals surface area (Å²) in [5.74, 6) is -0.386. The lowest BCUT2D eigenvalue weighted by atomic mass is 10.1. The SMILES string of the molecule is CSC1CCC(NC(=O)C(C)C(N)=S)C1. The van der Waals surface area contributed by atoms with E-state index in [9.17, 15) is 4.79 Å². The van der Waals surface area contributed by atoms with Gasteiger partial charge >= 0.3 is 0 Å². The van der Waals surface area contributed by atoms with Crippen molar-refractivity contribution >= 4 is 34.9 Å². The first-order valence-electron chi connectivity index (χ1n) is 5.17. The highest BCUT2D eigenvalue weighted by Crippen LogP contribution is 2.28. The lowest BCUT2D eigenvalue weighted by Crippen LogP contribution is -2.40. The molecule has 0 aromatic carbocycles. The number of nitrogens with two attached hydrogens (primary N) is 1. The molecule has 0 heterocycles. The maximum absolute atomic E-state index is 11.7. The first-order chi connectivity index (χ1) is 7.04. The van der Waals surface area contributed by atoms with Crippen LogP contribution < -0.4 is 11.1 Å². The van der Waals surface area contributed by atoms with Gasteiger partial charge in [-0.15, -0.1) is 0 Å². The topological polar surface area (TPSA) is 55.1 Å². The number of thioether (sulfide) groups is 1. The number of amides is 1. The molecule has 15 heavy (non-hydrogen) atoms. The number of rotatable bonds is 4. The van der Waals surface area contributed by atoms with Gasteiger partial charge in [0.2, 0.25) is 5.91 Å². The minimum atomic E-state index is -0.353. The van der Waals surface area contributed by atoms with Crippen LogP contribution in [0.4, 0.5) is 0 Å². The smallest absolute Gasteiger partial charge is 0.229 e. The second-order valence-corrected chi connectivity index (χ2v) is 5.61. The van der Waals surface area contributed by atoms with Gasteiger partial charge in [-0.05, 0) is 32.4 Å². The average molecular weight is 246 g/mol. The Kier molecular flexibility index (Phi) is 4.86. The zero-order valence-electron chi connectivity index (χ0n) is 9.16. The number of hydrogen-bond donors (Lipinski definition) is 2. The minimum Gasteiger partial charge on any atom is -0.393 e. The molecular weight excluding hydrogens is 228 g/mol. The Morgan fingerprint density at radius 3 is 2.73 bits per heavy atom. The summed E-state index contributed by atoms with van der Waals surface area (Å²) in [6.45, 7) is 1.75. The molecule has 3 N–H and O–H groups in total. The van der Waals surface area contributed by atoms with Crippen LogP contribution in [-0.2, 0) is 4.79 Å². The Balaban J connectivity index is 2.36. The van der Waals surface area contributed by atoms with E-state index in [1.165, 1.54) is 6.42 Å². The third-order valence-electron chi connectivity index (χ3n) is 2.88. The normalized spacial score (nSPS) is 27.3. The fraction of sp³-hybridized carbons (Fsp3) is 0.800. The van der Waals surface area contributed by atoms with Crippen LogP contribution in [0, 0.1) is 5.92 Å². The molecule has 1 aliphatic carbocycles. The van der Waals surface area contributed by atoms with Crippen molar-refractivity contribution in [3.05, 3.63) is 0 Å². The van der Waals surface area contributed by atoms with E-state index in [0.717, 1.165) is 12.8 Å². The van der Waals surface area contributed by atoms with E-state index in [1.54, 1.807) is 6.92 Å². The van der Waals surface area contributed by atoms with Gasteiger partial charge in [-0.25, -0.2) is 0 Å². The molecule has 0 aliphatic heterocycles. The molecule has 3 nitrogen and oxygen atoms in total. The van der Waals surface area contributed by atoms with Crippen LogP contribution in [-0.4, -0.2) is 28.4 Å². The van der Waals surface area contributed by atoms with E-state index in [4.69, 9.17) is 18.0 Å². The summed E-state index contributed by atoms with van der Waals surface area (Å²) < 4.78 is 0. The predicted octanol–water partition coefficient (Wildman–Crippen LogP) is 1.31. The largest absolute Gasteiger partial charge is 0.393 e. The maximum Gasteiger partial charge on any atom is 0.229 e. The van der Waals surface area contributed by atoms with Crippen molar-refractivity contribution in [2.45, 2.75) is 37.5 Å². The van der Waals surface area contributed by atoms with Gasteiger partial charge in [-0.3, -0.25) is 4.79 Å². The number of carbonyl (C=O) groups is 1. The quantitative estimate of drug-likeness (QED) is 0.734. The summed E-state index contributed by atoms with van der Waals surface area (Å²) in [4.78, 5) is 11.9. The van der Waals surface area contributed by atoms with Crippen molar-refractivity contribution in [2.75, 3.05) is 6.26 Å². The van der Waals surface area contributed by atoms with Crippen LogP contribution in [0.2, 0.25) is 0 Å². The van der Waals surface area contributed by atoms with E-state index >= 15 is 0 Å². The maximum atomic E-state index is 11.7. The Morgan fingerprint density at radius 1 is 1.60 bits per heavy atom. The van der Waals surface area contributed by atoms with E-state index in [2.05, 4.69) is 11.6 Å². The molecule has 1 fully saturated rings. The molecule has 0 saturated heterocycles. The molecule has 0 aromatic heterocycles. The van der Waals surface area contributed by atoms with E-state index in [1.807, 2.05) is 11.8 Å². The lowest BCUT2D eigenvalue weighted by Gasteiger charge is -2.16. The average Bonchev–Trinajstić information content (AvgIpc) is 2.64. The van der Waals surface area contributed by atoms with Crippen LogP contribution in [0.25, 0.3) is 0 Å². The molecule has 0 radical (unpaired) electrons. The lowest BCUT2D eigenvalue weighted by molar-refractivity contribution is -0.123. The van der Waals surface area contributed by atoms with Crippen molar-refractivity contribution in [3.8, 4) is 0 Å². The van der Waals surface area contributed by atoms with Crippen LogP contribution in [0.15, 0.2) is 0 Å². The predicted molar refractivity (Wildman–Crippen MR) is 69.0 cm³/mol. The highest BCUT2D eigenvalue weighted by molar-refractivity contribution is 7.99. The van der Waals surface area contributed by atoms with Gasteiger partial charge in [-0.2, -0.15) is 11.8 Å². The second kappa shape index (κ2) is 5.70. The van der Waals surface area contributed by atoms with Gasteiger partial charge in [0.05, 0.1) is 10.9 Å². The fourth-order valence-electron chi connectivity index (χ4n) is 1.74.